The Hall–Kier alpha value is -1.96. The van der Waals surface area contributed by atoms with Gasteiger partial charge in [-0.3, -0.25) is 14.8 Å². The Morgan fingerprint density at radius 1 is 1.61 bits per heavy atom. The molecule has 0 radical (unpaired) electrons. The topological polar surface area (TPSA) is 99.3 Å². The van der Waals surface area contributed by atoms with E-state index in [0.29, 0.717) is 0 Å². The molecule has 1 aliphatic heterocycles. The van der Waals surface area contributed by atoms with E-state index in [0.717, 1.165) is 25.9 Å². The number of aromatic nitrogens is 2. The van der Waals surface area contributed by atoms with Crippen LogP contribution in [-0.4, -0.2) is 40.9 Å². The quantitative estimate of drug-likeness (QED) is 0.479. The molecule has 0 spiro atoms. The molecule has 0 saturated carbocycles. The molecule has 1 aliphatic rings. The zero-order chi connectivity index (χ0) is 13.1. The number of rotatable bonds is 3. The van der Waals surface area contributed by atoms with Crippen LogP contribution in [0.15, 0.2) is 6.20 Å². The monoisotopic (exact) mass is 254 g/mol. The van der Waals surface area contributed by atoms with Crippen molar-refractivity contribution in [2.75, 3.05) is 20.2 Å². The van der Waals surface area contributed by atoms with Crippen LogP contribution in [0.5, 0.6) is 0 Å². The van der Waals surface area contributed by atoms with E-state index in [1.165, 1.54) is 18.0 Å². The van der Waals surface area contributed by atoms with Crippen molar-refractivity contribution in [2.24, 2.45) is 0 Å². The lowest BCUT2D eigenvalue weighted by Gasteiger charge is -2.22. The third-order valence-corrected chi connectivity index (χ3v) is 2.97. The molecule has 0 aromatic carbocycles. The molecule has 1 N–H and O–H groups in total. The van der Waals surface area contributed by atoms with Gasteiger partial charge in [0.2, 0.25) is 5.69 Å². The van der Waals surface area contributed by atoms with E-state index in [4.69, 9.17) is 0 Å². The van der Waals surface area contributed by atoms with Crippen molar-refractivity contribution >= 4 is 11.7 Å². The third kappa shape index (κ3) is 2.33. The molecule has 1 aromatic rings. The summed E-state index contributed by atoms with van der Waals surface area (Å²) in [6.07, 6.45) is 2.97. The largest absolute Gasteiger partial charge is 0.464 e. The Bertz CT molecular complexity index is 464. The second kappa shape index (κ2) is 5.13. The van der Waals surface area contributed by atoms with E-state index in [1.54, 1.807) is 0 Å². The number of hydrogen-bond donors (Lipinski definition) is 1. The SMILES string of the molecule is COC(=O)c1nn(C2CCNCC2)cc1[N+](=O)[O-]. The Kier molecular flexibility index (Phi) is 3.56. The van der Waals surface area contributed by atoms with Gasteiger partial charge in [0.15, 0.2) is 0 Å². The molecule has 8 nitrogen and oxygen atoms in total. The van der Waals surface area contributed by atoms with Crippen LogP contribution in [-0.2, 0) is 4.74 Å². The van der Waals surface area contributed by atoms with Gasteiger partial charge in [-0.1, -0.05) is 0 Å². The average molecular weight is 254 g/mol. The maximum absolute atomic E-state index is 11.4. The average Bonchev–Trinajstić information content (AvgIpc) is 2.84. The minimum absolute atomic E-state index is 0.0864. The lowest BCUT2D eigenvalue weighted by atomic mass is 10.1. The van der Waals surface area contributed by atoms with Crippen LogP contribution in [0.25, 0.3) is 0 Å². The van der Waals surface area contributed by atoms with Gasteiger partial charge in [0.1, 0.15) is 6.20 Å². The van der Waals surface area contributed by atoms with E-state index >= 15 is 0 Å². The van der Waals surface area contributed by atoms with Crippen molar-refractivity contribution in [2.45, 2.75) is 18.9 Å². The van der Waals surface area contributed by atoms with E-state index in [1.807, 2.05) is 0 Å². The first-order valence-corrected chi connectivity index (χ1v) is 5.66. The van der Waals surface area contributed by atoms with Crippen molar-refractivity contribution in [3.05, 3.63) is 22.0 Å². The summed E-state index contributed by atoms with van der Waals surface area (Å²) in [7, 11) is 1.18. The van der Waals surface area contributed by atoms with Gasteiger partial charge >= 0.3 is 11.7 Å². The first-order chi connectivity index (χ1) is 8.63. The summed E-state index contributed by atoms with van der Waals surface area (Å²) in [6, 6.07) is 0.0864. The molecule has 1 fully saturated rings. The molecular formula is C10H14N4O4. The van der Waals surface area contributed by atoms with Crippen molar-refractivity contribution in [1.82, 2.24) is 15.1 Å². The molecule has 2 rings (SSSR count). The number of carbonyl (C=O) groups excluding carboxylic acids is 1. The fourth-order valence-corrected chi connectivity index (χ4v) is 2.02. The van der Waals surface area contributed by atoms with Crippen molar-refractivity contribution in [1.29, 1.82) is 0 Å². The number of nitrogens with one attached hydrogen (secondary N) is 1. The van der Waals surface area contributed by atoms with Crippen LogP contribution >= 0.6 is 0 Å². The van der Waals surface area contributed by atoms with E-state index in [2.05, 4.69) is 15.2 Å². The van der Waals surface area contributed by atoms with E-state index in [9.17, 15) is 14.9 Å². The normalized spacial score (nSPS) is 16.5. The van der Waals surface area contributed by atoms with Gasteiger partial charge in [0, 0.05) is 0 Å². The summed E-state index contributed by atoms with van der Waals surface area (Å²) in [5.74, 6) is -0.783. The van der Waals surface area contributed by atoms with Crippen LogP contribution in [0.3, 0.4) is 0 Å². The zero-order valence-electron chi connectivity index (χ0n) is 9.96. The molecule has 0 atom stereocenters. The van der Waals surface area contributed by atoms with Crippen LogP contribution in [0.4, 0.5) is 5.69 Å². The minimum Gasteiger partial charge on any atom is -0.464 e. The molecule has 98 valence electrons. The predicted octanol–water partition coefficient (Wildman–Crippen LogP) is 0.502. The summed E-state index contributed by atoms with van der Waals surface area (Å²) >= 11 is 0. The van der Waals surface area contributed by atoms with Crippen LogP contribution in [0.2, 0.25) is 0 Å². The second-order valence-electron chi connectivity index (χ2n) is 4.07. The van der Waals surface area contributed by atoms with Gasteiger partial charge in [-0.2, -0.15) is 5.10 Å². The lowest BCUT2D eigenvalue weighted by molar-refractivity contribution is -0.385. The summed E-state index contributed by atoms with van der Waals surface area (Å²) in [5, 5.41) is 18.1. The Balaban J connectivity index is 2.32. The number of piperidine rings is 1. The summed E-state index contributed by atoms with van der Waals surface area (Å²) < 4.78 is 6.00. The molecule has 1 saturated heterocycles. The number of methoxy groups -OCH3 is 1. The fraction of sp³-hybridized carbons (Fsp3) is 0.600. The molecule has 2 heterocycles. The second-order valence-corrected chi connectivity index (χ2v) is 4.07. The number of hydrogen-bond acceptors (Lipinski definition) is 6. The van der Waals surface area contributed by atoms with Gasteiger partial charge < -0.3 is 10.1 Å². The highest BCUT2D eigenvalue weighted by Crippen LogP contribution is 2.24. The molecule has 0 bridgehead atoms. The number of nitrogens with zero attached hydrogens (tertiary/aromatic N) is 3. The molecule has 0 unspecified atom stereocenters. The number of carbonyl (C=O) groups is 1. The van der Waals surface area contributed by atoms with Gasteiger partial charge in [-0.25, -0.2) is 4.79 Å². The zero-order valence-corrected chi connectivity index (χ0v) is 9.96. The highest BCUT2D eigenvalue weighted by molar-refractivity contribution is 5.91. The molecular weight excluding hydrogens is 240 g/mol. The highest BCUT2D eigenvalue weighted by Gasteiger charge is 2.28. The van der Waals surface area contributed by atoms with E-state index < -0.39 is 10.9 Å². The first kappa shape index (κ1) is 12.5. The van der Waals surface area contributed by atoms with Crippen molar-refractivity contribution in [3.63, 3.8) is 0 Å². The maximum Gasteiger partial charge on any atom is 0.365 e. The van der Waals surface area contributed by atoms with Gasteiger partial charge in [-0.05, 0) is 25.9 Å². The molecule has 1 aromatic heterocycles. The Morgan fingerprint density at radius 2 is 2.28 bits per heavy atom. The lowest BCUT2D eigenvalue weighted by Crippen LogP contribution is -2.29. The molecule has 18 heavy (non-hydrogen) atoms. The predicted molar refractivity (Wildman–Crippen MR) is 61.4 cm³/mol. The van der Waals surface area contributed by atoms with Gasteiger partial charge in [0.05, 0.1) is 18.1 Å². The van der Waals surface area contributed by atoms with Crippen molar-refractivity contribution in [3.8, 4) is 0 Å². The Morgan fingerprint density at radius 3 is 2.83 bits per heavy atom. The minimum atomic E-state index is -0.783. The smallest absolute Gasteiger partial charge is 0.365 e. The number of ether oxygens (including phenoxy) is 1. The summed E-state index contributed by atoms with van der Waals surface area (Å²) in [5.41, 5.74) is -0.540. The maximum atomic E-state index is 11.4. The molecule has 0 amide bonds. The Labute approximate surface area is 103 Å². The van der Waals surface area contributed by atoms with Crippen LogP contribution < -0.4 is 5.32 Å². The van der Waals surface area contributed by atoms with Crippen LogP contribution in [0.1, 0.15) is 29.4 Å². The summed E-state index contributed by atoms with van der Waals surface area (Å²) in [4.78, 5) is 21.7. The highest BCUT2D eigenvalue weighted by atomic mass is 16.6. The fourth-order valence-electron chi connectivity index (χ4n) is 2.02. The summed E-state index contributed by atoms with van der Waals surface area (Å²) in [6.45, 7) is 1.68. The van der Waals surface area contributed by atoms with Crippen molar-refractivity contribution < 1.29 is 14.5 Å². The van der Waals surface area contributed by atoms with Gasteiger partial charge in [-0.15, -0.1) is 0 Å². The third-order valence-electron chi connectivity index (χ3n) is 2.97. The van der Waals surface area contributed by atoms with E-state index in [-0.39, 0.29) is 17.4 Å². The standard InChI is InChI=1S/C10H14N4O4/c1-18-10(15)9-8(14(16)17)6-13(12-9)7-2-4-11-5-3-7/h6-7,11H,2-5H2,1H3. The molecule has 8 heteroatoms. The molecule has 0 aliphatic carbocycles. The first-order valence-electron chi connectivity index (χ1n) is 5.66. The number of esters is 1. The van der Waals surface area contributed by atoms with Crippen LogP contribution in [0, 0.1) is 10.1 Å². The number of nitro groups is 1. The van der Waals surface area contributed by atoms with Gasteiger partial charge in [0.25, 0.3) is 0 Å².